The third-order valence-corrected chi connectivity index (χ3v) is 3.56. The van der Waals surface area contributed by atoms with Gasteiger partial charge in [-0.3, -0.25) is 0 Å². The first-order chi connectivity index (χ1) is 8.20. The average molecular weight is 254 g/mol. The molecule has 1 saturated heterocycles. The van der Waals surface area contributed by atoms with E-state index in [4.69, 9.17) is 17.3 Å². The highest BCUT2D eigenvalue weighted by Gasteiger charge is 2.15. The highest BCUT2D eigenvalue weighted by atomic mass is 35.5. The van der Waals surface area contributed by atoms with Gasteiger partial charge in [0.2, 0.25) is 0 Å². The van der Waals surface area contributed by atoms with Gasteiger partial charge in [0.25, 0.3) is 0 Å². The van der Waals surface area contributed by atoms with Crippen molar-refractivity contribution in [1.82, 2.24) is 4.90 Å². The number of hydrogen-bond donors (Lipinski definition) is 1. The molecule has 0 radical (unpaired) electrons. The standard InChI is InChI=1S/C13H20ClN3/c1-16-5-2-6-17(8-7-16)13-4-3-12(14)9-11(13)10-15/h3-4,9H,2,5-8,10,15H2,1H3. The second kappa shape index (κ2) is 5.71. The van der Waals surface area contributed by atoms with E-state index in [1.807, 2.05) is 12.1 Å². The van der Waals surface area contributed by atoms with Crippen LogP contribution in [0.15, 0.2) is 18.2 Å². The summed E-state index contributed by atoms with van der Waals surface area (Å²) in [5.41, 5.74) is 8.18. The number of anilines is 1. The topological polar surface area (TPSA) is 32.5 Å². The van der Waals surface area contributed by atoms with Gasteiger partial charge >= 0.3 is 0 Å². The monoisotopic (exact) mass is 253 g/mol. The van der Waals surface area contributed by atoms with Crippen molar-refractivity contribution in [3.63, 3.8) is 0 Å². The van der Waals surface area contributed by atoms with Gasteiger partial charge in [-0.15, -0.1) is 0 Å². The van der Waals surface area contributed by atoms with Crippen LogP contribution in [-0.4, -0.2) is 38.1 Å². The molecule has 0 amide bonds. The van der Waals surface area contributed by atoms with Crippen molar-refractivity contribution in [3.8, 4) is 0 Å². The third-order valence-electron chi connectivity index (χ3n) is 3.32. The maximum atomic E-state index is 6.01. The molecule has 2 N–H and O–H groups in total. The zero-order valence-corrected chi connectivity index (χ0v) is 11.1. The van der Waals surface area contributed by atoms with Crippen LogP contribution < -0.4 is 10.6 Å². The summed E-state index contributed by atoms with van der Waals surface area (Å²) in [5, 5.41) is 0.765. The van der Waals surface area contributed by atoms with Crippen molar-refractivity contribution in [2.75, 3.05) is 38.1 Å². The summed E-state index contributed by atoms with van der Waals surface area (Å²) >= 11 is 6.01. The summed E-state index contributed by atoms with van der Waals surface area (Å²) in [5.74, 6) is 0. The molecule has 4 heteroatoms. The lowest BCUT2D eigenvalue weighted by atomic mass is 10.1. The molecule has 2 rings (SSSR count). The molecule has 0 spiro atoms. The highest BCUT2D eigenvalue weighted by Crippen LogP contribution is 2.25. The second-order valence-electron chi connectivity index (χ2n) is 4.62. The summed E-state index contributed by atoms with van der Waals surface area (Å²) < 4.78 is 0. The smallest absolute Gasteiger partial charge is 0.0413 e. The van der Waals surface area contributed by atoms with E-state index in [9.17, 15) is 0 Å². The van der Waals surface area contributed by atoms with E-state index in [1.165, 1.54) is 18.7 Å². The van der Waals surface area contributed by atoms with Gasteiger partial charge in [0.05, 0.1) is 0 Å². The third kappa shape index (κ3) is 3.12. The van der Waals surface area contributed by atoms with Gasteiger partial charge in [-0.1, -0.05) is 11.6 Å². The van der Waals surface area contributed by atoms with Gasteiger partial charge in [-0.05, 0) is 43.8 Å². The van der Waals surface area contributed by atoms with E-state index in [1.54, 1.807) is 0 Å². The van der Waals surface area contributed by atoms with E-state index >= 15 is 0 Å². The first-order valence-electron chi connectivity index (χ1n) is 6.12. The van der Waals surface area contributed by atoms with Crippen molar-refractivity contribution >= 4 is 17.3 Å². The van der Waals surface area contributed by atoms with Crippen molar-refractivity contribution in [2.24, 2.45) is 5.73 Å². The lowest BCUT2D eigenvalue weighted by molar-refractivity contribution is 0.360. The van der Waals surface area contributed by atoms with Gasteiger partial charge in [0.1, 0.15) is 0 Å². The Morgan fingerprint density at radius 3 is 2.82 bits per heavy atom. The molecule has 1 heterocycles. The molecular formula is C13H20ClN3. The van der Waals surface area contributed by atoms with Gasteiger partial charge in [-0.2, -0.15) is 0 Å². The summed E-state index contributed by atoms with van der Waals surface area (Å²) in [6.07, 6.45) is 1.20. The van der Waals surface area contributed by atoms with Crippen LogP contribution in [0.2, 0.25) is 5.02 Å². The van der Waals surface area contributed by atoms with Crippen LogP contribution in [0, 0.1) is 0 Å². The molecule has 1 aromatic rings. The number of benzene rings is 1. The van der Waals surface area contributed by atoms with E-state index in [0.717, 1.165) is 30.2 Å². The average Bonchev–Trinajstić information content (AvgIpc) is 2.54. The fourth-order valence-corrected chi connectivity index (χ4v) is 2.51. The quantitative estimate of drug-likeness (QED) is 0.875. The van der Waals surface area contributed by atoms with Crippen molar-refractivity contribution in [2.45, 2.75) is 13.0 Å². The molecule has 1 aliphatic rings. The molecular weight excluding hydrogens is 234 g/mol. The van der Waals surface area contributed by atoms with Crippen LogP contribution >= 0.6 is 11.6 Å². The molecule has 0 unspecified atom stereocenters. The van der Waals surface area contributed by atoms with E-state index in [0.29, 0.717) is 6.54 Å². The molecule has 0 aromatic heterocycles. The summed E-state index contributed by atoms with van der Waals surface area (Å²) in [7, 11) is 2.18. The largest absolute Gasteiger partial charge is 0.370 e. The number of rotatable bonds is 2. The SMILES string of the molecule is CN1CCCN(c2ccc(Cl)cc2CN)CC1. The number of halogens is 1. The summed E-state index contributed by atoms with van der Waals surface area (Å²) in [6, 6.07) is 6.02. The lowest BCUT2D eigenvalue weighted by Crippen LogP contribution is -2.29. The van der Waals surface area contributed by atoms with Crippen LogP contribution in [0.3, 0.4) is 0 Å². The van der Waals surface area contributed by atoms with Gasteiger partial charge < -0.3 is 15.5 Å². The fourth-order valence-electron chi connectivity index (χ4n) is 2.31. The molecule has 0 atom stereocenters. The Morgan fingerprint density at radius 2 is 2.06 bits per heavy atom. The number of nitrogens with two attached hydrogens (primary N) is 1. The van der Waals surface area contributed by atoms with Gasteiger partial charge in [-0.25, -0.2) is 0 Å². The summed E-state index contributed by atoms with van der Waals surface area (Å²) in [4.78, 5) is 4.79. The first kappa shape index (κ1) is 12.7. The number of hydrogen-bond acceptors (Lipinski definition) is 3. The zero-order valence-electron chi connectivity index (χ0n) is 10.3. The molecule has 1 aliphatic heterocycles. The molecule has 0 saturated carbocycles. The lowest BCUT2D eigenvalue weighted by Gasteiger charge is -2.25. The van der Waals surface area contributed by atoms with Crippen LogP contribution in [0.25, 0.3) is 0 Å². The Hall–Kier alpha value is -0.770. The number of likely N-dealkylation sites (N-methyl/N-ethyl adjacent to an activating group) is 1. The van der Waals surface area contributed by atoms with Crippen LogP contribution in [-0.2, 0) is 6.54 Å². The maximum Gasteiger partial charge on any atom is 0.0413 e. The van der Waals surface area contributed by atoms with Crippen LogP contribution in [0.5, 0.6) is 0 Å². The van der Waals surface area contributed by atoms with Gasteiger partial charge in [0, 0.05) is 36.9 Å². The minimum absolute atomic E-state index is 0.544. The highest BCUT2D eigenvalue weighted by molar-refractivity contribution is 6.30. The number of nitrogens with zero attached hydrogens (tertiary/aromatic N) is 2. The molecule has 0 bridgehead atoms. The van der Waals surface area contributed by atoms with Crippen molar-refractivity contribution in [1.29, 1.82) is 0 Å². The minimum atomic E-state index is 0.544. The predicted molar refractivity (Wildman–Crippen MR) is 73.7 cm³/mol. The Morgan fingerprint density at radius 1 is 1.24 bits per heavy atom. The zero-order chi connectivity index (χ0) is 12.3. The molecule has 3 nitrogen and oxygen atoms in total. The minimum Gasteiger partial charge on any atom is -0.370 e. The first-order valence-corrected chi connectivity index (χ1v) is 6.50. The molecule has 94 valence electrons. The predicted octanol–water partition coefficient (Wildman–Crippen LogP) is 1.94. The van der Waals surface area contributed by atoms with Crippen LogP contribution in [0.4, 0.5) is 5.69 Å². The molecule has 1 fully saturated rings. The fraction of sp³-hybridized carbons (Fsp3) is 0.538. The Balaban J connectivity index is 2.20. The van der Waals surface area contributed by atoms with E-state index < -0.39 is 0 Å². The molecule has 1 aromatic carbocycles. The van der Waals surface area contributed by atoms with Crippen LogP contribution in [0.1, 0.15) is 12.0 Å². The Labute approximate surface area is 108 Å². The maximum absolute atomic E-state index is 6.01. The van der Waals surface area contributed by atoms with Gasteiger partial charge in [0.15, 0.2) is 0 Å². The normalized spacial score (nSPS) is 18.2. The molecule has 17 heavy (non-hydrogen) atoms. The van der Waals surface area contributed by atoms with E-state index in [2.05, 4.69) is 22.9 Å². The van der Waals surface area contributed by atoms with Crippen molar-refractivity contribution in [3.05, 3.63) is 28.8 Å². The van der Waals surface area contributed by atoms with E-state index in [-0.39, 0.29) is 0 Å². The van der Waals surface area contributed by atoms with Crippen molar-refractivity contribution < 1.29 is 0 Å². The Kier molecular flexibility index (Phi) is 4.26. The Bertz CT molecular complexity index is 381. The summed E-state index contributed by atoms with van der Waals surface area (Å²) in [6.45, 7) is 4.97. The molecule has 0 aliphatic carbocycles. The second-order valence-corrected chi connectivity index (χ2v) is 5.06.